The molecule has 0 aromatic heterocycles. The summed E-state index contributed by atoms with van der Waals surface area (Å²) in [5.74, 6) is 0. The van der Waals surface area contributed by atoms with E-state index in [0.717, 1.165) is 11.1 Å². The van der Waals surface area contributed by atoms with Gasteiger partial charge in [0.2, 0.25) is 0 Å². The molecule has 0 spiro atoms. The third-order valence-electron chi connectivity index (χ3n) is 1.56. The number of nitrogens with zero attached hydrogens (tertiary/aromatic N) is 1. The Morgan fingerprint density at radius 1 is 1.21 bits per heavy atom. The molecule has 1 rings (SSSR count). The summed E-state index contributed by atoms with van der Waals surface area (Å²) in [5.41, 5.74) is 2.10. The fourth-order valence-corrected chi connectivity index (χ4v) is 0.974. The molecule has 0 aliphatic rings. The number of hydrogen-bond acceptors (Lipinski definition) is 1. The van der Waals surface area contributed by atoms with Crippen molar-refractivity contribution in [3.63, 3.8) is 0 Å². The quantitative estimate of drug-likeness (QED) is 0.502. The van der Waals surface area contributed by atoms with Gasteiger partial charge in [0.15, 0.2) is 0 Å². The summed E-state index contributed by atoms with van der Waals surface area (Å²) < 4.78 is 0. The standard InChI is InChI=1S/C11H11N.C2H6/c1-3-10(9-12-2)11-7-5-4-6-8-11;1-2/h3-9H,1-2H2;1-2H3/b10-9+;. The fraction of sp³-hybridized carbons (Fsp3) is 0.154. The number of rotatable bonds is 3. The fourth-order valence-electron chi connectivity index (χ4n) is 0.974. The van der Waals surface area contributed by atoms with Gasteiger partial charge in [-0.3, -0.25) is 4.99 Å². The smallest absolute Gasteiger partial charge is 0.0338 e. The van der Waals surface area contributed by atoms with Gasteiger partial charge in [0.05, 0.1) is 0 Å². The van der Waals surface area contributed by atoms with E-state index < -0.39 is 0 Å². The molecule has 0 amide bonds. The molecule has 0 fully saturated rings. The van der Waals surface area contributed by atoms with Crippen molar-refractivity contribution in [2.24, 2.45) is 4.99 Å². The van der Waals surface area contributed by atoms with Crippen molar-refractivity contribution < 1.29 is 0 Å². The van der Waals surface area contributed by atoms with E-state index in [2.05, 4.69) is 18.3 Å². The summed E-state index contributed by atoms with van der Waals surface area (Å²) in [6.45, 7) is 11.1. The first kappa shape index (κ1) is 12.4. The average Bonchev–Trinajstić information content (AvgIpc) is 2.30. The van der Waals surface area contributed by atoms with Gasteiger partial charge < -0.3 is 0 Å². The Kier molecular flexibility index (Phi) is 7.06. The van der Waals surface area contributed by atoms with Crippen LogP contribution in [0.3, 0.4) is 0 Å². The zero-order valence-electron chi connectivity index (χ0n) is 8.90. The lowest BCUT2D eigenvalue weighted by atomic mass is 10.1. The van der Waals surface area contributed by atoms with Crippen LogP contribution in [-0.4, -0.2) is 6.72 Å². The SMILES string of the molecule is C=C/C(=C\N=C)c1ccccc1.CC. The van der Waals surface area contributed by atoms with E-state index in [9.17, 15) is 0 Å². The zero-order chi connectivity index (χ0) is 10.8. The second-order valence-corrected chi connectivity index (χ2v) is 2.34. The Hall–Kier alpha value is -1.63. The van der Waals surface area contributed by atoms with Gasteiger partial charge in [0.25, 0.3) is 0 Å². The highest BCUT2D eigenvalue weighted by molar-refractivity contribution is 5.73. The lowest BCUT2D eigenvalue weighted by molar-refractivity contribution is 1.50. The molecule has 1 aromatic carbocycles. The average molecular weight is 187 g/mol. The third kappa shape index (κ3) is 3.85. The first-order chi connectivity index (χ1) is 6.88. The van der Waals surface area contributed by atoms with Crippen LogP contribution < -0.4 is 0 Å². The summed E-state index contributed by atoms with van der Waals surface area (Å²) >= 11 is 0. The predicted octanol–water partition coefficient (Wildman–Crippen LogP) is 3.94. The first-order valence-electron chi connectivity index (χ1n) is 4.72. The van der Waals surface area contributed by atoms with Crippen molar-refractivity contribution in [1.29, 1.82) is 0 Å². The van der Waals surface area contributed by atoms with Crippen LogP contribution >= 0.6 is 0 Å². The molecule has 0 saturated heterocycles. The highest BCUT2D eigenvalue weighted by Gasteiger charge is 1.92. The van der Waals surface area contributed by atoms with Gasteiger partial charge in [-0.25, -0.2) is 0 Å². The Bertz CT molecular complexity index is 296. The number of aliphatic imine (C=N–C) groups is 1. The molecule has 1 nitrogen and oxygen atoms in total. The molecule has 0 unspecified atom stereocenters. The van der Waals surface area contributed by atoms with Crippen LogP contribution in [0.1, 0.15) is 19.4 Å². The van der Waals surface area contributed by atoms with Crippen molar-refractivity contribution in [2.75, 3.05) is 0 Å². The monoisotopic (exact) mass is 187 g/mol. The van der Waals surface area contributed by atoms with E-state index in [1.54, 1.807) is 12.3 Å². The number of hydrogen-bond donors (Lipinski definition) is 0. The molecule has 14 heavy (non-hydrogen) atoms. The normalized spacial score (nSPS) is 9.71. The maximum Gasteiger partial charge on any atom is 0.0338 e. The van der Waals surface area contributed by atoms with Crippen LogP contribution in [0.4, 0.5) is 0 Å². The lowest BCUT2D eigenvalue weighted by Gasteiger charge is -1.98. The van der Waals surface area contributed by atoms with E-state index in [1.807, 2.05) is 44.2 Å². The maximum absolute atomic E-state index is 3.70. The van der Waals surface area contributed by atoms with Crippen molar-refractivity contribution in [3.8, 4) is 0 Å². The first-order valence-corrected chi connectivity index (χ1v) is 4.72. The number of benzene rings is 1. The Morgan fingerprint density at radius 2 is 1.79 bits per heavy atom. The highest BCUT2D eigenvalue weighted by atomic mass is 14.6. The minimum atomic E-state index is 0.991. The Labute approximate surface area is 86.5 Å². The van der Waals surface area contributed by atoms with Gasteiger partial charge in [-0.15, -0.1) is 0 Å². The summed E-state index contributed by atoms with van der Waals surface area (Å²) in [6.07, 6.45) is 3.46. The molecule has 0 N–H and O–H groups in total. The molecular formula is C13H17N. The summed E-state index contributed by atoms with van der Waals surface area (Å²) in [4.78, 5) is 3.70. The molecule has 74 valence electrons. The highest BCUT2D eigenvalue weighted by Crippen LogP contribution is 2.14. The molecule has 0 radical (unpaired) electrons. The van der Waals surface area contributed by atoms with Gasteiger partial charge in [-0.1, -0.05) is 56.8 Å². The summed E-state index contributed by atoms with van der Waals surface area (Å²) in [6, 6.07) is 9.97. The Balaban J connectivity index is 0.000000791. The van der Waals surface area contributed by atoms with Crippen LogP contribution in [0.15, 0.2) is 54.2 Å². The van der Waals surface area contributed by atoms with Crippen molar-refractivity contribution >= 4 is 12.3 Å². The van der Waals surface area contributed by atoms with Crippen LogP contribution in [0, 0.1) is 0 Å². The molecule has 0 saturated carbocycles. The van der Waals surface area contributed by atoms with Crippen LogP contribution in [0.5, 0.6) is 0 Å². The minimum Gasteiger partial charge on any atom is -0.272 e. The largest absolute Gasteiger partial charge is 0.272 e. The second-order valence-electron chi connectivity index (χ2n) is 2.34. The van der Waals surface area contributed by atoms with Crippen LogP contribution in [-0.2, 0) is 0 Å². The summed E-state index contributed by atoms with van der Waals surface area (Å²) in [7, 11) is 0. The van der Waals surface area contributed by atoms with Crippen LogP contribution in [0.25, 0.3) is 5.57 Å². The molecule has 0 atom stereocenters. The molecule has 0 aliphatic heterocycles. The predicted molar refractivity (Wildman–Crippen MR) is 65.5 cm³/mol. The van der Waals surface area contributed by atoms with E-state index in [1.165, 1.54) is 0 Å². The molecular weight excluding hydrogens is 170 g/mol. The van der Waals surface area contributed by atoms with Gasteiger partial charge in [-0.05, 0) is 17.9 Å². The lowest BCUT2D eigenvalue weighted by Crippen LogP contribution is -1.77. The molecule has 1 heteroatoms. The van der Waals surface area contributed by atoms with Crippen molar-refractivity contribution in [3.05, 3.63) is 54.8 Å². The van der Waals surface area contributed by atoms with Gasteiger partial charge >= 0.3 is 0 Å². The van der Waals surface area contributed by atoms with Crippen LogP contribution in [0.2, 0.25) is 0 Å². The topological polar surface area (TPSA) is 12.4 Å². The molecule has 0 heterocycles. The zero-order valence-corrected chi connectivity index (χ0v) is 8.90. The van der Waals surface area contributed by atoms with E-state index in [0.29, 0.717) is 0 Å². The molecule has 0 aliphatic carbocycles. The molecule has 1 aromatic rings. The van der Waals surface area contributed by atoms with Gasteiger partial charge in [0, 0.05) is 6.20 Å². The number of allylic oxidation sites excluding steroid dienone is 2. The Morgan fingerprint density at radius 3 is 2.21 bits per heavy atom. The van der Waals surface area contributed by atoms with Gasteiger partial charge in [-0.2, -0.15) is 0 Å². The third-order valence-corrected chi connectivity index (χ3v) is 1.56. The maximum atomic E-state index is 3.70. The second kappa shape index (κ2) is 7.99. The van der Waals surface area contributed by atoms with Crippen molar-refractivity contribution in [1.82, 2.24) is 0 Å². The van der Waals surface area contributed by atoms with E-state index >= 15 is 0 Å². The van der Waals surface area contributed by atoms with Gasteiger partial charge in [0.1, 0.15) is 0 Å². The van der Waals surface area contributed by atoms with E-state index in [-0.39, 0.29) is 0 Å². The van der Waals surface area contributed by atoms with E-state index in [4.69, 9.17) is 0 Å². The van der Waals surface area contributed by atoms with Crippen molar-refractivity contribution in [2.45, 2.75) is 13.8 Å². The minimum absolute atomic E-state index is 0.991. The summed E-state index contributed by atoms with van der Waals surface area (Å²) in [5, 5.41) is 0. The molecule has 0 bridgehead atoms.